The lowest BCUT2D eigenvalue weighted by Crippen LogP contribution is -2.17. The smallest absolute Gasteiger partial charge is 0.281 e. The number of aromatic nitrogens is 2. The number of nitrogens with zero attached hydrogens (tertiary/aromatic N) is 2. The van der Waals surface area contributed by atoms with E-state index in [0.717, 1.165) is 11.3 Å². The van der Waals surface area contributed by atoms with Crippen LogP contribution in [0.15, 0.2) is 53.7 Å². The van der Waals surface area contributed by atoms with Crippen LogP contribution in [-0.4, -0.2) is 43.6 Å². The molecule has 0 radical (unpaired) electrons. The molecule has 0 saturated carbocycles. The van der Waals surface area contributed by atoms with Crippen LogP contribution in [0.3, 0.4) is 0 Å². The third kappa shape index (κ3) is 5.94. The van der Waals surface area contributed by atoms with Crippen molar-refractivity contribution in [1.29, 1.82) is 0 Å². The molecule has 0 aliphatic carbocycles. The molecule has 0 aliphatic rings. The number of phenols is 1. The molecule has 0 aliphatic heterocycles. The molecule has 0 unspecified atom stereocenters. The number of carbonyl (C=O) groups is 1. The van der Waals surface area contributed by atoms with E-state index in [1.807, 2.05) is 0 Å². The van der Waals surface area contributed by atoms with E-state index in [-0.39, 0.29) is 33.0 Å². The summed E-state index contributed by atoms with van der Waals surface area (Å²) in [6.07, 6.45) is 1.36. The topological polar surface area (TPSA) is 143 Å². The Hall–Kier alpha value is -4.23. The minimum atomic E-state index is -4.17. The molecule has 0 fully saturated rings. The fourth-order valence-corrected chi connectivity index (χ4v) is 6.12. The minimum Gasteiger partial charge on any atom is -0.504 e. The molecule has 4 rings (SSSR count). The highest BCUT2D eigenvalue weighted by Gasteiger charge is 2.25. The molecule has 1 amide bonds. The van der Waals surface area contributed by atoms with Crippen molar-refractivity contribution in [3.63, 3.8) is 0 Å². The van der Waals surface area contributed by atoms with E-state index in [4.69, 9.17) is 4.74 Å². The number of carbonyl (C=O) groups excluding carboxylic acids is 1. The summed E-state index contributed by atoms with van der Waals surface area (Å²) in [7, 11) is -1.26. The van der Waals surface area contributed by atoms with E-state index in [0.29, 0.717) is 33.7 Å². The molecule has 0 bridgehead atoms. The van der Waals surface area contributed by atoms with Gasteiger partial charge >= 0.3 is 0 Å². The van der Waals surface area contributed by atoms with Crippen LogP contribution in [0.25, 0.3) is 11.3 Å². The highest BCUT2D eigenvalue weighted by Crippen LogP contribution is 2.34. The molecule has 39 heavy (non-hydrogen) atoms. The largest absolute Gasteiger partial charge is 0.504 e. The normalized spacial score (nSPS) is 11.2. The van der Waals surface area contributed by atoms with Crippen molar-refractivity contribution in [3.8, 4) is 22.8 Å². The van der Waals surface area contributed by atoms with Gasteiger partial charge in [-0.25, -0.2) is 14.4 Å². The van der Waals surface area contributed by atoms with E-state index < -0.39 is 21.7 Å². The molecule has 2 heterocycles. The number of aryl methyl sites for hydroxylation is 2. The standard InChI is InChI=1S/C26H26FN5O5S2/c1-14-10-16(8-9-19(14)27)21-23(24(34)28-3)38-26(31-21)32-39(35,36)25-15(2)11-18(13-30-25)29-12-17-6-5-7-20(37-4)22(17)33/h5-11,13,29,33H,12H2,1-4H3,(H,28,34)(H,31,32). The predicted octanol–water partition coefficient (Wildman–Crippen LogP) is 4.45. The number of aromatic hydroxyl groups is 1. The Morgan fingerprint density at radius 3 is 2.59 bits per heavy atom. The van der Waals surface area contributed by atoms with Crippen LogP contribution in [0.1, 0.15) is 26.4 Å². The van der Waals surface area contributed by atoms with Gasteiger partial charge in [-0.1, -0.05) is 23.5 Å². The summed E-state index contributed by atoms with van der Waals surface area (Å²) in [6.45, 7) is 3.43. The fraction of sp³-hybridized carbons (Fsp3) is 0.192. The number of methoxy groups -OCH3 is 1. The Labute approximate surface area is 229 Å². The van der Waals surface area contributed by atoms with Crippen molar-refractivity contribution in [2.45, 2.75) is 25.4 Å². The molecule has 4 aromatic rings. The van der Waals surface area contributed by atoms with Crippen LogP contribution in [0.2, 0.25) is 0 Å². The number of para-hydroxylation sites is 1. The van der Waals surface area contributed by atoms with Gasteiger partial charge in [-0.3, -0.25) is 9.52 Å². The van der Waals surface area contributed by atoms with Crippen molar-refractivity contribution in [3.05, 3.63) is 76.0 Å². The maximum Gasteiger partial charge on any atom is 0.281 e. The first-order valence-corrected chi connectivity index (χ1v) is 13.9. The number of hydrogen-bond donors (Lipinski definition) is 4. The minimum absolute atomic E-state index is 0.00955. The molecule has 204 valence electrons. The second kappa shape index (κ2) is 11.3. The number of phenolic OH excluding ortho intramolecular Hbond substituents is 1. The van der Waals surface area contributed by atoms with Gasteiger partial charge in [0.1, 0.15) is 10.7 Å². The summed E-state index contributed by atoms with van der Waals surface area (Å²) in [5.41, 5.74) is 2.55. The molecule has 0 spiro atoms. The zero-order chi connectivity index (χ0) is 28.3. The number of benzene rings is 2. The van der Waals surface area contributed by atoms with Crippen LogP contribution < -0.4 is 20.1 Å². The van der Waals surface area contributed by atoms with Gasteiger partial charge in [0.05, 0.1) is 24.7 Å². The van der Waals surface area contributed by atoms with Gasteiger partial charge in [0.2, 0.25) is 0 Å². The molecule has 0 saturated heterocycles. The predicted molar refractivity (Wildman–Crippen MR) is 147 cm³/mol. The summed E-state index contributed by atoms with van der Waals surface area (Å²) >= 11 is 0.856. The highest BCUT2D eigenvalue weighted by atomic mass is 32.2. The number of halogens is 1. The molecular weight excluding hydrogens is 545 g/mol. The fourth-order valence-electron chi connectivity index (χ4n) is 3.79. The number of pyridine rings is 1. The number of ether oxygens (including phenoxy) is 1. The van der Waals surface area contributed by atoms with Crippen molar-refractivity contribution >= 4 is 38.1 Å². The van der Waals surface area contributed by atoms with Crippen molar-refractivity contribution in [1.82, 2.24) is 15.3 Å². The van der Waals surface area contributed by atoms with Crippen molar-refractivity contribution < 1.29 is 27.4 Å². The molecule has 2 aromatic heterocycles. The van der Waals surface area contributed by atoms with Gasteiger partial charge in [-0.05, 0) is 55.3 Å². The number of thiazole rings is 1. The van der Waals surface area contributed by atoms with E-state index in [2.05, 4.69) is 25.3 Å². The average Bonchev–Trinajstić information content (AvgIpc) is 3.32. The van der Waals surface area contributed by atoms with Crippen LogP contribution in [0.5, 0.6) is 11.5 Å². The average molecular weight is 572 g/mol. The van der Waals surface area contributed by atoms with Crippen LogP contribution >= 0.6 is 11.3 Å². The van der Waals surface area contributed by atoms with E-state index in [1.54, 1.807) is 38.1 Å². The van der Waals surface area contributed by atoms with Crippen LogP contribution in [-0.2, 0) is 16.6 Å². The first-order valence-electron chi connectivity index (χ1n) is 11.6. The Morgan fingerprint density at radius 2 is 1.92 bits per heavy atom. The molecule has 2 aromatic carbocycles. The maximum atomic E-state index is 13.8. The van der Waals surface area contributed by atoms with Crippen LogP contribution in [0, 0.1) is 19.7 Å². The Morgan fingerprint density at radius 1 is 1.15 bits per heavy atom. The molecular formula is C26H26FN5O5S2. The zero-order valence-electron chi connectivity index (χ0n) is 21.5. The number of nitrogens with one attached hydrogen (secondary N) is 3. The highest BCUT2D eigenvalue weighted by molar-refractivity contribution is 7.92. The summed E-state index contributed by atoms with van der Waals surface area (Å²) in [4.78, 5) is 21.1. The molecule has 0 atom stereocenters. The third-order valence-electron chi connectivity index (χ3n) is 5.78. The Balaban J connectivity index is 1.57. The summed E-state index contributed by atoms with van der Waals surface area (Å²) in [6, 6.07) is 11.0. The monoisotopic (exact) mass is 571 g/mol. The first kappa shape index (κ1) is 27.8. The van der Waals surface area contributed by atoms with Gasteiger partial charge < -0.3 is 20.5 Å². The van der Waals surface area contributed by atoms with Gasteiger partial charge in [-0.15, -0.1) is 0 Å². The lowest BCUT2D eigenvalue weighted by Gasteiger charge is -2.12. The summed E-state index contributed by atoms with van der Waals surface area (Å²) in [5.74, 6) is -0.510. The number of hydrogen-bond acceptors (Lipinski definition) is 9. The number of amides is 1. The van der Waals surface area contributed by atoms with Gasteiger partial charge in [0.25, 0.3) is 15.9 Å². The quantitative estimate of drug-likeness (QED) is 0.231. The van der Waals surface area contributed by atoms with Gasteiger partial charge in [-0.2, -0.15) is 8.42 Å². The molecule has 13 heteroatoms. The second-order valence-electron chi connectivity index (χ2n) is 8.51. The lowest BCUT2D eigenvalue weighted by atomic mass is 10.1. The third-order valence-corrected chi connectivity index (χ3v) is 8.28. The van der Waals surface area contributed by atoms with E-state index in [9.17, 15) is 22.7 Å². The van der Waals surface area contributed by atoms with Crippen LogP contribution in [0.4, 0.5) is 15.2 Å². The van der Waals surface area contributed by atoms with Gasteiger partial charge in [0, 0.05) is 24.7 Å². The van der Waals surface area contributed by atoms with E-state index >= 15 is 0 Å². The molecule has 10 nitrogen and oxygen atoms in total. The van der Waals surface area contributed by atoms with E-state index in [1.165, 1.54) is 38.6 Å². The summed E-state index contributed by atoms with van der Waals surface area (Å²) in [5, 5.41) is 15.6. The number of sulfonamides is 1. The lowest BCUT2D eigenvalue weighted by molar-refractivity contribution is 0.0967. The molecule has 4 N–H and O–H groups in total. The number of rotatable bonds is 9. The Kier molecular flexibility index (Phi) is 8.02. The Bertz CT molecular complexity index is 1660. The second-order valence-corrected chi connectivity index (χ2v) is 11.1. The zero-order valence-corrected chi connectivity index (χ0v) is 23.1. The SMILES string of the molecule is CNC(=O)c1sc(NS(=O)(=O)c2ncc(NCc3cccc(OC)c3O)cc2C)nc1-c1ccc(F)c(C)c1. The number of anilines is 2. The maximum absolute atomic E-state index is 13.8. The van der Waals surface area contributed by atoms with Gasteiger partial charge in [0.15, 0.2) is 21.7 Å². The first-order chi connectivity index (χ1) is 18.5. The summed E-state index contributed by atoms with van der Waals surface area (Å²) < 4.78 is 47.7. The van der Waals surface area contributed by atoms with Crippen molar-refractivity contribution in [2.75, 3.05) is 24.2 Å². The van der Waals surface area contributed by atoms with Crippen molar-refractivity contribution in [2.24, 2.45) is 0 Å².